The second-order valence-electron chi connectivity index (χ2n) is 8.07. The molecule has 5 nitrogen and oxygen atoms in total. The van der Waals surface area contributed by atoms with Gasteiger partial charge >= 0.3 is 0 Å². The summed E-state index contributed by atoms with van der Waals surface area (Å²) < 4.78 is 25.0. The monoisotopic (exact) mass is 463 g/mol. The van der Waals surface area contributed by atoms with Gasteiger partial charge in [-0.2, -0.15) is 0 Å². The van der Waals surface area contributed by atoms with E-state index >= 15 is 0 Å². The Balaban J connectivity index is 1.18. The Bertz CT molecular complexity index is 812. The third kappa shape index (κ3) is 5.32. The Morgan fingerprint density at radius 2 is 1.90 bits per heavy atom. The van der Waals surface area contributed by atoms with Crippen molar-refractivity contribution >= 4 is 21.9 Å². The van der Waals surface area contributed by atoms with Crippen LogP contribution in [0.3, 0.4) is 0 Å². The number of hydrogen-bond acceptors (Lipinski definition) is 5. The highest BCUT2D eigenvalue weighted by atomic mass is 79.9. The third-order valence-electron chi connectivity index (χ3n) is 5.99. The lowest BCUT2D eigenvalue weighted by molar-refractivity contribution is 0.104. The van der Waals surface area contributed by atoms with E-state index in [1.165, 1.54) is 25.3 Å². The topological polar surface area (TPSA) is 47.5 Å². The van der Waals surface area contributed by atoms with Crippen LogP contribution >= 0.6 is 15.9 Å². The first kappa shape index (κ1) is 20.7. The number of anilines is 1. The number of hydrogen-bond donors (Lipinski definition) is 0. The minimum absolute atomic E-state index is 0.237. The molecule has 0 amide bonds. The highest BCUT2D eigenvalue weighted by molar-refractivity contribution is 9.10. The van der Waals surface area contributed by atoms with Gasteiger partial charge in [-0.05, 0) is 70.6 Å². The van der Waals surface area contributed by atoms with Crippen LogP contribution in [0.15, 0.2) is 35.1 Å². The van der Waals surface area contributed by atoms with E-state index in [2.05, 4.69) is 30.8 Å². The van der Waals surface area contributed by atoms with Crippen LogP contribution in [0.1, 0.15) is 30.4 Å². The smallest absolute Gasteiger partial charge is 0.225 e. The van der Waals surface area contributed by atoms with Crippen LogP contribution in [0.25, 0.3) is 0 Å². The maximum Gasteiger partial charge on any atom is 0.225 e. The van der Waals surface area contributed by atoms with Crippen molar-refractivity contribution in [3.05, 3.63) is 52.0 Å². The molecule has 1 aliphatic heterocycles. The zero-order chi connectivity index (χ0) is 20.2. The minimum Gasteiger partial charge on any atom is -0.380 e. The van der Waals surface area contributed by atoms with Crippen molar-refractivity contribution in [2.24, 2.45) is 17.8 Å². The van der Waals surface area contributed by atoms with Crippen LogP contribution in [0, 0.1) is 23.6 Å². The second kappa shape index (κ2) is 9.49. The summed E-state index contributed by atoms with van der Waals surface area (Å²) in [7, 11) is 1.68. The molecule has 1 aliphatic carbocycles. The van der Waals surface area contributed by atoms with Gasteiger partial charge in [0.05, 0.1) is 24.3 Å². The Morgan fingerprint density at radius 1 is 1.14 bits per heavy atom. The predicted molar refractivity (Wildman–Crippen MR) is 113 cm³/mol. The lowest BCUT2D eigenvalue weighted by Gasteiger charge is -2.32. The first-order valence-corrected chi connectivity index (χ1v) is 11.0. The van der Waals surface area contributed by atoms with E-state index in [4.69, 9.17) is 9.47 Å². The zero-order valence-corrected chi connectivity index (χ0v) is 18.3. The Kier molecular flexibility index (Phi) is 6.77. The van der Waals surface area contributed by atoms with Gasteiger partial charge in [0.1, 0.15) is 5.82 Å². The summed E-state index contributed by atoms with van der Waals surface area (Å²) in [6.07, 6.45) is 7.32. The van der Waals surface area contributed by atoms with Crippen LogP contribution in [0.4, 0.5) is 10.3 Å². The number of rotatable bonds is 8. The van der Waals surface area contributed by atoms with Gasteiger partial charge in [-0.15, -0.1) is 0 Å². The molecule has 4 rings (SSSR count). The van der Waals surface area contributed by atoms with Crippen LogP contribution < -0.4 is 4.90 Å². The first-order valence-electron chi connectivity index (χ1n) is 10.2. The van der Waals surface area contributed by atoms with Gasteiger partial charge in [-0.25, -0.2) is 14.4 Å². The summed E-state index contributed by atoms with van der Waals surface area (Å²) in [5, 5.41) is 0. The van der Waals surface area contributed by atoms with Gasteiger partial charge in [-0.3, -0.25) is 0 Å². The molecular weight excluding hydrogens is 437 g/mol. The average Bonchev–Trinajstić information content (AvgIpc) is 3.51. The Labute approximate surface area is 179 Å². The maximum atomic E-state index is 13.6. The molecule has 1 aromatic heterocycles. The van der Waals surface area contributed by atoms with Crippen LogP contribution in [0.2, 0.25) is 0 Å². The molecule has 2 fully saturated rings. The fourth-order valence-electron chi connectivity index (χ4n) is 4.28. The van der Waals surface area contributed by atoms with Crippen LogP contribution in [-0.4, -0.2) is 36.8 Å². The molecule has 0 radical (unpaired) electrons. The van der Waals surface area contributed by atoms with Crippen molar-refractivity contribution in [3.8, 4) is 0 Å². The minimum atomic E-state index is -0.237. The van der Waals surface area contributed by atoms with E-state index < -0.39 is 0 Å². The largest absolute Gasteiger partial charge is 0.380 e. The standard InChI is InChI=1S/C22H27BrFN3O2/c1-28-12-16-10-25-22(26-11-16)27-6-4-17(5-7-27)19-9-18(19)14-29-13-15-2-3-20(23)21(24)8-15/h2-3,8,10-11,17-19H,4-7,9,12-14H2,1H3. The molecule has 0 bridgehead atoms. The molecule has 2 atom stereocenters. The highest BCUT2D eigenvalue weighted by Gasteiger charge is 2.43. The van der Waals surface area contributed by atoms with E-state index in [0.29, 0.717) is 23.6 Å². The summed E-state index contributed by atoms with van der Waals surface area (Å²) in [4.78, 5) is 11.3. The highest BCUT2D eigenvalue weighted by Crippen LogP contribution is 2.48. The van der Waals surface area contributed by atoms with Crippen molar-refractivity contribution < 1.29 is 13.9 Å². The number of piperidine rings is 1. The summed E-state index contributed by atoms with van der Waals surface area (Å²) in [6, 6.07) is 5.17. The normalized spacial score (nSPS) is 22.1. The fraction of sp³-hybridized carbons (Fsp3) is 0.545. The van der Waals surface area contributed by atoms with E-state index in [1.807, 2.05) is 18.5 Å². The molecule has 2 heterocycles. The summed E-state index contributed by atoms with van der Waals surface area (Å²) in [5.74, 6) is 2.76. The number of benzene rings is 1. The zero-order valence-electron chi connectivity index (χ0n) is 16.7. The van der Waals surface area contributed by atoms with E-state index in [-0.39, 0.29) is 5.82 Å². The first-order chi connectivity index (χ1) is 14.1. The van der Waals surface area contributed by atoms with Crippen molar-refractivity contribution in [1.82, 2.24) is 9.97 Å². The number of nitrogens with zero attached hydrogens (tertiary/aromatic N) is 3. The van der Waals surface area contributed by atoms with Gasteiger partial charge in [0.2, 0.25) is 5.95 Å². The summed E-state index contributed by atoms with van der Waals surface area (Å²) >= 11 is 3.18. The van der Waals surface area contributed by atoms with E-state index in [1.54, 1.807) is 13.2 Å². The van der Waals surface area contributed by atoms with Crippen molar-refractivity contribution in [2.45, 2.75) is 32.5 Å². The lowest BCUT2D eigenvalue weighted by Crippen LogP contribution is -2.35. The fourth-order valence-corrected chi connectivity index (χ4v) is 4.52. The number of methoxy groups -OCH3 is 1. The molecule has 1 saturated carbocycles. The van der Waals surface area contributed by atoms with E-state index in [0.717, 1.165) is 48.6 Å². The Morgan fingerprint density at radius 3 is 2.59 bits per heavy atom. The lowest BCUT2D eigenvalue weighted by atomic mass is 9.91. The molecule has 2 aliphatic rings. The molecule has 2 unspecified atom stereocenters. The predicted octanol–water partition coefficient (Wildman–Crippen LogP) is 4.59. The van der Waals surface area contributed by atoms with Gasteiger partial charge in [0.15, 0.2) is 0 Å². The number of halogens is 2. The van der Waals surface area contributed by atoms with Crippen molar-refractivity contribution in [1.29, 1.82) is 0 Å². The van der Waals surface area contributed by atoms with Crippen molar-refractivity contribution in [3.63, 3.8) is 0 Å². The molecule has 0 N–H and O–H groups in total. The summed E-state index contributed by atoms with van der Waals surface area (Å²) in [5.41, 5.74) is 1.88. The Hall–Kier alpha value is -1.57. The molecule has 0 spiro atoms. The van der Waals surface area contributed by atoms with Crippen LogP contribution in [-0.2, 0) is 22.7 Å². The maximum absolute atomic E-state index is 13.6. The summed E-state index contributed by atoms with van der Waals surface area (Å²) in [6.45, 7) is 3.81. The van der Waals surface area contributed by atoms with E-state index in [9.17, 15) is 4.39 Å². The number of aromatic nitrogens is 2. The molecule has 29 heavy (non-hydrogen) atoms. The average molecular weight is 464 g/mol. The molecule has 1 saturated heterocycles. The molecule has 156 valence electrons. The number of ether oxygens (including phenoxy) is 2. The second-order valence-corrected chi connectivity index (χ2v) is 8.93. The quantitative estimate of drug-likeness (QED) is 0.572. The molecule has 7 heteroatoms. The van der Waals surface area contributed by atoms with Gasteiger partial charge < -0.3 is 14.4 Å². The van der Waals surface area contributed by atoms with Gasteiger partial charge in [0.25, 0.3) is 0 Å². The van der Waals surface area contributed by atoms with Gasteiger partial charge in [-0.1, -0.05) is 6.07 Å². The third-order valence-corrected chi connectivity index (χ3v) is 6.64. The molecular formula is C22H27BrFN3O2. The van der Waals surface area contributed by atoms with Crippen molar-refractivity contribution in [2.75, 3.05) is 31.7 Å². The van der Waals surface area contributed by atoms with Crippen LogP contribution in [0.5, 0.6) is 0 Å². The molecule has 1 aromatic carbocycles. The van der Waals surface area contributed by atoms with Gasteiger partial charge in [0, 0.05) is 38.2 Å². The molecule has 2 aromatic rings. The SMILES string of the molecule is COCc1cnc(N2CCC(C3CC3COCc3ccc(Br)c(F)c3)CC2)nc1.